The van der Waals surface area contributed by atoms with Gasteiger partial charge in [-0.05, 0) is 0 Å². The van der Waals surface area contributed by atoms with Crippen LogP contribution in [0.1, 0.15) is 20.7 Å². The molecule has 2 nitrogen and oxygen atoms in total. The lowest BCUT2D eigenvalue weighted by Crippen LogP contribution is -2.37. The van der Waals surface area contributed by atoms with E-state index in [0.717, 1.165) is 0 Å². The van der Waals surface area contributed by atoms with Crippen molar-refractivity contribution in [2.75, 3.05) is 0 Å². The van der Waals surface area contributed by atoms with Gasteiger partial charge >= 0.3 is 0 Å². The third kappa shape index (κ3) is 1.37. The summed E-state index contributed by atoms with van der Waals surface area (Å²) in [5.74, 6) is -0.0795. The van der Waals surface area contributed by atoms with Crippen LogP contribution in [-0.4, -0.2) is 21.2 Å². The minimum Gasteiger partial charge on any atom is -0.293 e. The maximum Gasteiger partial charge on any atom is 0.178 e. The lowest BCUT2D eigenvalue weighted by Gasteiger charge is -2.22. The van der Waals surface area contributed by atoms with Gasteiger partial charge in [0.15, 0.2) is 11.6 Å². The van der Waals surface area contributed by atoms with Crippen LogP contribution < -0.4 is 0 Å². The Morgan fingerprint density at radius 2 is 1.21 bits per heavy atom. The van der Waals surface area contributed by atoms with Crippen LogP contribution in [-0.2, 0) is 0 Å². The Morgan fingerprint density at radius 3 is 1.57 bits per heavy atom. The van der Waals surface area contributed by atoms with E-state index in [1.807, 2.05) is 0 Å². The molecule has 1 aromatic rings. The van der Waals surface area contributed by atoms with Crippen LogP contribution >= 0.6 is 31.9 Å². The average Bonchev–Trinajstić information content (AvgIpc) is 2.23. The molecule has 2 rings (SSSR count). The normalized spacial score (nSPS) is 26.1. The quantitative estimate of drug-likeness (QED) is 0.689. The molecule has 0 fully saturated rings. The SMILES string of the molecule is O=C1c2ccccc2C(=O)[C@H](Br)[C@H]1Br. The van der Waals surface area contributed by atoms with Gasteiger partial charge in [-0.25, -0.2) is 0 Å². The fourth-order valence-electron chi connectivity index (χ4n) is 1.48. The van der Waals surface area contributed by atoms with Gasteiger partial charge in [0.2, 0.25) is 0 Å². The van der Waals surface area contributed by atoms with Crippen molar-refractivity contribution >= 4 is 43.4 Å². The average molecular weight is 318 g/mol. The number of carbonyl (C=O) groups is 2. The summed E-state index contributed by atoms with van der Waals surface area (Å²) >= 11 is 6.42. The van der Waals surface area contributed by atoms with Crippen LogP contribution in [0.25, 0.3) is 0 Å². The smallest absolute Gasteiger partial charge is 0.178 e. The number of rotatable bonds is 0. The third-order valence-corrected chi connectivity index (χ3v) is 4.81. The monoisotopic (exact) mass is 316 g/mol. The van der Waals surface area contributed by atoms with Crippen LogP contribution in [0.15, 0.2) is 24.3 Å². The van der Waals surface area contributed by atoms with Crippen molar-refractivity contribution in [1.29, 1.82) is 0 Å². The van der Waals surface area contributed by atoms with Gasteiger partial charge in [-0.2, -0.15) is 0 Å². The number of Topliss-reactive ketones (excluding diaryl/α,β-unsaturated/α-hetero) is 2. The second-order valence-electron chi connectivity index (χ2n) is 3.08. The summed E-state index contributed by atoms with van der Waals surface area (Å²) < 4.78 is 0. The van der Waals surface area contributed by atoms with Gasteiger partial charge in [0.05, 0.1) is 9.65 Å². The van der Waals surface area contributed by atoms with Gasteiger partial charge < -0.3 is 0 Å². The standard InChI is InChI=1S/C10H6Br2O2/c11-7-8(12)10(14)6-4-2-1-3-5(6)9(7)13/h1-4,7-8H/t7-,8-/m1/s1. The number of carbonyl (C=O) groups excluding carboxylic acids is 2. The second kappa shape index (κ2) is 3.59. The predicted molar refractivity (Wildman–Crippen MR) is 60.5 cm³/mol. The largest absolute Gasteiger partial charge is 0.293 e. The summed E-state index contributed by atoms with van der Waals surface area (Å²) in [6.07, 6.45) is 0. The van der Waals surface area contributed by atoms with E-state index in [2.05, 4.69) is 31.9 Å². The fourth-order valence-corrected chi connectivity index (χ4v) is 2.45. The molecule has 72 valence electrons. The Hall–Kier alpha value is -0.480. The molecule has 0 saturated heterocycles. The topological polar surface area (TPSA) is 34.1 Å². The minimum absolute atomic E-state index is 0.0397. The molecule has 1 aliphatic carbocycles. The first-order valence-electron chi connectivity index (χ1n) is 4.08. The number of alkyl halides is 2. The number of benzene rings is 1. The molecule has 2 atom stereocenters. The van der Waals surface area contributed by atoms with Gasteiger partial charge in [-0.15, -0.1) is 0 Å². The molecule has 1 aromatic carbocycles. The van der Waals surface area contributed by atoms with Crippen molar-refractivity contribution in [3.05, 3.63) is 35.4 Å². The zero-order chi connectivity index (χ0) is 10.3. The van der Waals surface area contributed by atoms with Crippen molar-refractivity contribution < 1.29 is 9.59 Å². The Labute approximate surface area is 97.9 Å². The van der Waals surface area contributed by atoms with Crippen LogP contribution in [0.3, 0.4) is 0 Å². The molecule has 0 unspecified atom stereocenters. The lowest BCUT2D eigenvalue weighted by atomic mass is 9.89. The molecule has 0 radical (unpaired) electrons. The molecule has 0 aliphatic heterocycles. The highest BCUT2D eigenvalue weighted by Gasteiger charge is 2.37. The van der Waals surface area contributed by atoms with E-state index in [4.69, 9.17) is 0 Å². The number of hydrogen-bond donors (Lipinski definition) is 0. The molecule has 1 aliphatic rings. The molecule has 0 spiro atoms. The highest BCUT2D eigenvalue weighted by molar-refractivity contribution is 9.12. The summed E-state index contributed by atoms with van der Waals surface area (Å²) in [6.45, 7) is 0. The zero-order valence-electron chi connectivity index (χ0n) is 7.04. The minimum atomic E-state index is -0.454. The highest BCUT2D eigenvalue weighted by Crippen LogP contribution is 2.30. The first-order valence-corrected chi connectivity index (χ1v) is 5.91. The summed E-state index contributed by atoms with van der Waals surface area (Å²) in [4.78, 5) is 22.6. The Balaban J connectivity index is 2.62. The van der Waals surface area contributed by atoms with Crippen LogP contribution in [0.5, 0.6) is 0 Å². The first kappa shape index (κ1) is 10.1. The van der Waals surface area contributed by atoms with Crippen LogP contribution in [0.4, 0.5) is 0 Å². The van der Waals surface area contributed by atoms with Crippen molar-refractivity contribution in [2.45, 2.75) is 9.65 Å². The molecule has 0 amide bonds. The summed E-state index contributed by atoms with van der Waals surface area (Å²) in [6, 6.07) is 6.89. The summed E-state index contributed by atoms with van der Waals surface area (Å²) in [5.41, 5.74) is 1.02. The zero-order valence-corrected chi connectivity index (χ0v) is 10.2. The number of fused-ring (bicyclic) bond motifs is 1. The Kier molecular flexibility index (Phi) is 2.58. The van der Waals surface area contributed by atoms with Crippen LogP contribution in [0, 0.1) is 0 Å². The van der Waals surface area contributed by atoms with E-state index in [-0.39, 0.29) is 11.6 Å². The van der Waals surface area contributed by atoms with E-state index in [9.17, 15) is 9.59 Å². The molecule has 0 bridgehead atoms. The molecule has 0 saturated carbocycles. The highest BCUT2D eigenvalue weighted by atomic mass is 79.9. The van der Waals surface area contributed by atoms with Crippen LogP contribution in [0.2, 0.25) is 0 Å². The van der Waals surface area contributed by atoms with E-state index in [0.29, 0.717) is 11.1 Å². The van der Waals surface area contributed by atoms with Crippen molar-refractivity contribution in [2.24, 2.45) is 0 Å². The Morgan fingerprint density at radius 1 is 0.857 bits per heavy atom. The van der Waals surface area contributed by atoms with Gasteiger partial charge in [-0.3, -0.25) is 9.59 Å². The van der Waals surface area contributed by atoms with E-state index >= 15 is 0 Å². The predicted octanol–water partition coefficient (Wildman–Crippen LogP) is 2.59. The first-order chi connectivity index (χ1) is 6.63. The molecule has 0 N–H and O–H groups in total. The third-order valence-electron chi connectivity index (χ3n) is 2.22. The molecule has 14 heavy (non-hydrogen) atoms. The molecule has 4 heteroatoms. The molecule has 0 heterocycles. The van der Waals surface area contributed by atoms with E-state index < -0.39 is 9.65 Å². The Bertz CT molecular complexity index is 375. The van der Waals surface area contributed by atoms with Crippen molar-refractivity contribution in [3.63, 3.8) is 0 Å². The van der Waals surface area contributed by atoms with E-state index in [1.54, 1.807) is 24.3 Å². The number of ketones is 2. The van der Waals surface area contributed by atoms with Gasteiger partial charge in [-0.1, -0.05) is 56.1 Å². The van der Waals surface area contributed by atoms with Crippen molar-refractivity contribution in [3.8, 4) is 0 Å². The van der Waals surface area contributed by atoms with Gasteiger partial charge in [0.1, 0.15) is 0 Å². The second-order valence-corrected chi connectivity index (χ2v) is 5.05. The lowest BCUT2D eigenvalue weighted by molar-refractivity contribution is 0.0907. The fraction of sp³-hybridized carbons (Fsp3) is 0.200. The summed E-state index contributed by atoms with van der Waals surface area (Å²) in [5, 5.41) is 0. The maximum atomic E-state index is 11.7. The van der Waals surface area contributed by atoms with Crippen molar-refractivity contribution in [1.82, 2.24) is 0 Å². The molecular formula is C10H6Br2O2. The maximum absolute atomic E-state index is 11.7. The molecule has 0 aromatic heterocycles. The van der Waals surface area contributed by atoms with Gasteiger partial charge in [0.25, 0.3) is 0 Å². The summed E-state index contributed by atoms with van der Waals surface area (Å²) in [7, 11) is 0. The number of hydrogen-bond acceptors (Lipinski definition) is 2. The number of halogens is 2. The molecular weight excluding hydrogens is 312 g/mol. The van der Waals surface area contributed by atoms with E-state index in [1.165, 1.54) is 0 Å². The van der Waals surface area contributed by atoms with Gasteiger partial charge in [0, 0.05) is 11.1 Å².